The molecule has 0 radical (unpaired) electrons. The van der Waals surface area contributed by atoms with Crippen LogP contribution >= 0.6 is 24.0 Å². The van der Waals surface area contributed by atoms with E-state index in [0.29, 0.717) is 25.5 Å². The molecule has 0 bridgehead atoms. The van der Waals surface area contributed by atoms with Crippen LogP contribution in [0, 0.1) is 5.41 Å². The lowest BCUT2D eigenvalue weighted by molar-refractivity contribution is -0.138. The van der Waals surface area contributed by atoms with Crippen LogP contribution < -0.4 is 16.0 Å². The Morgan fingerprint density at radius 3 is 2.60 bits per heavy atom. The minimum Gasteiger partial charge on any atom is -0.357 e. The summed E-state index contributed by atoms with van der Waals surface area (Å²) in [6.45, 7) is 3.87. The van der Waals surface area contributed by atoms with Crippen molar-refractivity contribution in [2.75, 3.05) is 39.0 Å². The second-order valence-electron chi connectivity index (χ2n) is 8.30. The van der Waals surface area contributed by atoms with Crippen molar-refractivity contribution in [1.29, 1.82) is 0 Å². The number of hydrogen-bond acceptors (Lipinski definition) is 3. The first-order valence-electron chi connectivity index (χ1n) is 10.6. The summed E-state index contributed by atoms with van der Waals surface area (Å²) < 4.78 is 0. The van der Waals surface area contributed by atoms with Crippen LogP contribution in [0.5, 0.6) is 0 Å². The normalized spacial score (nSPS) is 19.9. The molecule has 3 N–H and O–H groups in total. The van der Waals surface area contributed by atoms with Crippen LogP contribution in [0.15, 0.2) is 29.3 Å². The lowest BCUT2D eigenvalue weighted by Gasteiger charge is -2.30. The molecule has 1 saturated carbocycles. The van der Waals surface area contributed by atoms with Gasteiger partial charge in [0, 0.05) is 45.2 Å². The molecule has 2 aliphatic rings. The summed E-state index contributed by atoms with van der Waals surface area (Å²) in [5.41, 5.74) is 1.65. The second-order valence-corrected chi connectivity index (χ2v) is 8.30. The summed E-state index contributed by atoms with van der Waals surface area (Å²) in [4.78, 5) is 31.3. The third-order valence-electron chi connectivity index (χ3n) is 5.93. The van der Waals surface area contributed by atoms with Gasteiger partial charge in [-0.05, 0) is 31.4 Å². The number of guanidine groups is 1. The van der Waals surface area contributed by atoms with Crippen molar-refractivity contribution < 1.29 is 9.59 Å². The molecule has 7 nitrogen and oxygen atoms in total. The topological polar surface area (TPSA) is 85.8 Å². The van der Waals surface area contributed by atoms with Crippen molar-refractivity contribution in [3.63, 3.8) is 0 Å². The maximum absolute atomic E-state index is 12.8. The Hall–Kier alpha value is -1.84. The number of hydrogen-bond donors (Lipinski definition) is 3. The largest absolute Gasteiger partial charge is 0.357 e. The zero-order chi connectivity index (χ0) is 20.9. The molecule has 0 saturated heterocycles. The van der Waals surface area contributed by atoms with E-state index in [4.69, 9.17) is 4.99 Å². The van der Waals surface area contributed by atoms with E-state index in [-0.39, 0.29) is 47.1 Å². The Labute approximate surface area is 196 Å². The number of nitrogens with zero attached hydrogens (tertiary/aromatic N) is 2. The molecule has 0 aromatic heterocycles. The Bertz CT molecular complexity index is 775. The third-order valence-corrected chi connectivity index (χ3v) is 5.93. The highest BCUT2D eigenvalue weighted by molar-refractivity contribution is 14.0. The summed E-state index contributed by atoms with van der Waals surface area (Å²) >= 11 is 0. The second kappa shape index (κ2) is 11.0. The first kappa shape index (κ1) is 24.4. The quantitative estimate of drug-likeness (QED) is 0.302. The van der Waals surface area contributed by atoms with E-state index < -0.39 is 0 Å². The molecule has 1 atom stereocenters. The number of anilines is 1. The number of rotatable bonds is 6. The first-order valence-corrected chi connectivity index (χ1v) is 10.6. The highest BCUT2D eigenvalue weighted by Gasteiger charge is 2.42. The van der Waals surface area contributed by atoms with Gasteiger partial charge in [0.15, 0.2) is 5.96 Å². The van der Waals surface area contributed by atoms with Crippen molar-refractivity contribution in [2.45, 2.75) is 44.9 Å². The van der Waals surface area contributed by atoms with Gasteiger partial charge in [-0.3, -0.25) is 14.6 Å². The average Bonchev–Trinajstić information content (AvgIpc) is 3.19. The van der Waals surface area contributed by atoms with Gasteiger partial charge in [-0.15, -0.1) is 24.0 Å². The summed E-state index contributed by atoms with van der Waals surface area (Å²) in [7, 11) is 3.64. The number of fused-ring (bicyclic) bond motifs is 1. The Morgan fingerprint density at radius 2 is 1.93 bits per heavy atom. The van der Waals surface area contributed by atoms with E-state index >= 15 is 0 Å². The molecular formula is C22H34IN5O2. The fourth-order valence-corrected chi connectivity index (χ4v) is 4.44. The molecule has 1 aromatic carbocycles. The standard InChI is InChI=1S/C22H33N5O2.HI/c1-4-23-21(25-15-22(11-7-8-12-22)20(29)27(2)3)24-14-16-13-19(28)26-18-10-6-5-9-17(16)18;/h5-6,9-10,16H,4,7-8,11-15H2,1-3H3,(H,26,28)(H2,23,24,25);1H. The van der Waals surface area contributed by atoms with E-state index in [1.165, 1.54) is 0 Å². The molecule has 1 heterocycles. The number of nitrogens with one attached hydrogen (secondary N) is 3. The van der Waals surface area contributed by atoms with Crippen LogP contribution in [0.25, 0.3) is 0 Å². The maximum atomic E-state index is 12.8. The molecule has 1 fully saturated rings. The molecule has 1 aliphatic carbocycles. The van der Waals surface area contributed by atoms with E-state index in [9.17, 15) is 9.59 Å². The number of amides is 2. The van der Waals surface area contributed by atoms with Crippen molar-refractivity contribution in [1.82, 2.24) is 15.5 Å². The molecule has 2 amide bonds. The summed E-state index contributed by atoms with van der Waals surface area (Å²) in [5.74, 6) is 1.01. The number of carbonyl (C=O) groups is 2. The van der Waals surface area contributed by atoms with Crippen LogP contribution in [-0.4, -0.2) is 56.4 Å². The van der Waals surface area contributed by atoms with Gasteiger partial charge >= 0.3 is 0 Å². The van der Waals surface area contributed by atoms with Gasteiger partial charge in [0.25, 0.3) is 0 Å². The smallest absolute Gasteiger partial charge is 0.230 e. The molecule has 3 rings (SSSR count). The molecule has 30 heavy (non-hydrogen) atoms. The Balaban J connectivity index is 0.00000320. The molecule has 0 spiro atoms. The molecular weight excluding hydrogens is 493 g/mol. The minimum atomic E-state index is -0.386. The van der Waals surface area contributed by atoms with Gasteiger partial charge in [0.1, 0.15) is 0 Å². The molecule has 1 aliphatic heterocycles. The molecule has 1 aromatic rings. The fourth-order valence-electron chi connectivity index (χ4n) is 4.44. The van der Waals surface area contributed by atoms with Crippen molar-refractivity contribution in [3.8, 4) is 0 Å². The predicted octanol–water partition coefficient (Wildman–Crippen LogP) is 2.93. The lowest BCUT2D eigenvalue weighted by Crippen LogP contribution is -2.44. The highest BCUT2D eigenvalue weighted by atomic mass is 127. The maximum Gasteiger partial charge on any atom is 0.230 e. The van der Waals surface area contributed by atoms with Crippen molar-refractivity contribution in [2.24, 2.45) is 10.4 Å². The third kappa shape index (κ3) is 5.65. The molecule has 1 unspecified atom stereocenters. The average molecular weight is 527 g/mol. The van der Waals surface area contributed by atoms with E-state index in [0.717, 1.165) is 43.5 Å². The van der Waals surface area contributed by atoms with Crippen LogP contribution in [0.3, 0.4) is 0 Å². The van der Waals surface area contributed by atoms with Gasteiger partial charge in [-0.25, -0.2) is 0 Å². The molecule has 8 heteroatoms. The summed E-state index contributed by atoms with van der Waals surface area (Å²) in [5, 5.41) is 9.61. The van der Waals surface area contributed by atoms with Crippen LogP contribution in [0.2, 0.25) is 0 Å². The Kier molecular flexibility index (Phi) is 8.93. The SMILES string of the molecule is CCNC(=NCC1(C(=O)N(C)C)CCCC1)NCC1CC(=O)Nc2ccccc21.I. The number of benzene rings is 1. The number of para-hydroxylation sites is 1. The highest BCUT2D eigenvalue weighted by Crippen LogP contribution is 2.39. The zero-order valence-electron chi connectivity index (χ0n) is 18.2. The van der Waals surface area contributed by atoms with Gasteiger partial charge in [0.05, 0.1) is 12.0 Å². The monoisotopic (exact) mass is 527 g/mol. The number of carbonyl (C=O) groups excluding carboxylic acids is 2. The lowest BCUT2D eigenvalue weighted by atomic mass is 9.85. The number of aliphatic imine (C=N–C) groups is 1. The van der Waals surface area contributed by atoms with E-state index in [2.05, 4.69) is 22.0 Å². The van der Waals surface area contributed by atoms with Crippen LogP contribution in [0.1, 0.15) is 50.5 Å². The summed E-state index contributed by atoms with van der Waals surface area (Å²) in [6, 6.07) is 7.94. The van der Waals surface area contributed by atoms with Gasteiger partial charge in [-0.1, -0.05) is 31.0 Å². The van der Waals surface area contributed by atoms with Crippen molar-refractivity contribution in [3.05, 3.63) is 29.8 Å². The predicted molar refractivity (Wildman–Crippen MR) is 131 cm³/mol. The first-order chi connectivity index (χ1) is 13.9. The zero-order valence-corrected chi connectivity index (χ0v) is 20.5. The number of halogens is 1. The van der Waals surface area contributed by atoms with Gasteiger partial charge in [0.2, 0.25) is 11.8 Å². The Morgan fingerprint density at radius 1 is 1.23 bits per heavy atom. The summed E-state index contributed by atoms with van der Waals surface area (Å²) in [6.07, 6.45) is 4.39. The van der Waals surface area contributed by atoms with Crippen molar-refractivity contribution >= 4 is 47.4 Å². The van der Waals surface area contributed by atoms with E-state index in [1.54, 1.807) is 4.90 Å². The molecule has 166 valence electrons. The van der Waals surface area contributed by atoms with Gasteiger partial charge in [-0.2, -0.15) is 0 Å². The fraction of sp³-hybridized carbons (Fsp3) is 0.591. The van der Waals surface area contributed by atoms with Crippen LogP contribution in [0.4, 0.5) is 5.69 Å². The minimum absolute atomic E-state index is 0. The van der Waals surface area contributed by atoms with Gasteiger partial charge < -0.3 is 20.9 Å². The van der Waals surface area contributed by atoms with Crippen LogP contribution in [-0.2, 0) is 9.59 Å². The van der Waals surface area contributed by atoms with E-state index in [1.807, 2.05) is 39.2 Å².